The molecule has 0 atom stereocenters. The zero-order chi connectivity index (χ0) is 14.0. The van der Waals surface area contributed by atoms with Gasteiger partial charge in [-0.2, -0.15) is 0 Å². The minimum absolute atomic E-state index is 0.132. The second kappa shape index (κ2) is 5.75. The lowest BCUT2D eigenvalue weighted by molar-refractivity contribution is 0.0942. The topological polar surface area (TPSA) is 29.1 Å². The Morgan fingerprint density at radius 1 is 1.26 bits per heavy atom. The van der Waals surface area contributed by atoms with Crippen molar-refractivity contribution in [3.05, 3.63) is 55.9 Å². The predicted octanol–water partition coefficient (Wildman–Crippen LogP) is 3.86. The summed E-state index contributed by atoms with van der Waals surface area (Å²) in [5.74, 6) is -4.43. The number of benzene rings is 1. The van der Waals surface area contributed by atoms with Gasteiger partial charge in [-0.3, -0.25) is 4.79 Å². The summed E-state index contributed by atoms with van der Waals surface area (Å²) in [7, 11) is 0. The predicted molar refractivity (Wildman–Crippen MR) is 69.5 cm³/mol. The van der Waals surface area contributed by atoms with E-state index in [4.69, 9.17) is 0 Å². The summed E-state index contributed by atoms with van der Waals surface area (Å²) in [6, 6.07) is 2.74. The summed E-state index contributed by atoms with van der Waals surface area (Å²) < 4.78 is 40.2. The number of hydrogen-bond acceptors (Lipinski definition) is 2. The molecular formula is C12H7BrF3NOS. The molecule has 0 fully saturated rings. The molecule has 1 amide bonds. The van der Waals surface area contributed by atoms with Crippen LogP contribution in [0, 0.1) is 17.5 Å². The maximum Gasteiger partial charge on any atom is 0.257 e. The van der Waals surface area contributed by atoms with Crippen molar-refractivity contribution in [1.29, 1.82) is 0 Å². The molecule has 0 aliphatic heterocycles. The van der Waals surface area contributed by atoms with Gasteiger partial charge in [0.2, 0.25) is 0 Å². The Morgan fingerprint density at radius 3 is 2.42 bits per heavy atom. The van der Waals surface area contributed by atoms with Crippen LogP contribution in [0.3, 0.4) is 0 Å². The number of hydrogen-bond donors (Lipinski definition) is 1. The first-order chi connectivity index (χ1) is 8.99. The van der Waals surface area contributed by atoms with Crippen LogP contribution in [0.4, 0.5) is 13.2 Å². The average Bonchev–Trinajstić information content (AvgIpc) is 2.70. The van der Waals surface area contributed by atoms with Crippen LogP contribution in [-0.4, -0.2) is 5.91 Å². The fourth-order valence-corrected chi connectivity index (χ4v) is 2.89. The van der Waals surface area contributed by atoms with Gasteiger partial charge < -0.3 is 5.32 Å². The maximum absolute atomic E-state index is 13.4. The highest BCUT2D eigenvalue weighted by Crippen LogP contribution is 2.22. The molecule has 7 heteroatoms. The van der Waals surface area contributed by atoms with Gasteiger partial charge in [0, 0.05) is 21.5 Å². The Hall–Kier alpha value is -1.34. The number of nitrogens with one attached hydrogen (secondary N) is 1. The number of carbonyl (C=O) groups excluding carboxylic acids is 1. The molecule has 0 bridgehead atoms. The van der Waals surface area contributed by atoms with Gasteiger partial charge in [-0.25, -0.2) is 13.2 Å². The van der Waals surface area contributed by atoms with Gasteiger partial charge in [0.15, 0.2) is 0 Å². The van der Waals surface area contributed by atoms with E-state index in [0.717, 1.165) is 9.35 Å². The first-order valence-electron chi connectivity index (χ1n) is 5.13. The van der Waals surface area contributed by atoms with Crippen molar-refractivity contribution in [1.82, 2.24) is 5.32 Å². The van der Waals surface area contributed by atoms with Crippen molar-refractivity contribution in [3.63, 3.8) is 0 Å². The Labute approximate surface area is 119 Å². The van der Waals surface area contributed by atoms with Crippen molar-refractivity contribution in [3.8, 4) is 0 Å². The fraction of sp³-hybridized carbons (Fsp3) is 0.0833. The smallest absolute Gasteiger partial charge is 0.257 e. The minimum Gasteiger partial charge on any atom is -0.347 e. The third-order valence-electron chi connectivity index (χ3n) is 2.33. The highest BCUT2D eigenvalue weighted by molar-refractivity contribution is 9.10. The van der Waals surface area contributed by atoms with Crippen LogP contribution >= 0.6 is 27.3 Å². The van der Waals surface area contributed by atoms with Crippen molar-refractivity contribution in [2.75, 3.05) is 0 Å². The molecule has 0 spiro atoms. The van der Waals surface area contributed by atoms with Crippen LogP contribution < -0.4 is 5.32 Å². The van der Waals surface area contributed by atoms with Gasteiger partial charge in [0.25, 0.3) is 5.91 Å². The van der Waals surface area contributed by atoms with Gasteiger partial charge in [-0.05, 0) is 27.4 Å². The Morgan fingerprint density at radius 2 is 1.89 bits per heavy atom. The van der Waals surface area contributed by atoms with Crippen LogP contribution in [-0.2, 0) is 6.54 Å². The molecule has 2 aromatic rings. The standard InChI is InChI=1S/C12H7BrF3NOS/c13-7-1-2-19-10(7)5-17-12(18)11-8(15)3-6(14)4-9(11)16/h1-4H,5H2,(H,17,18). The summed E-state index contributed by atoms with van der Waals surface area (Å²) in [6.07, 6.45) is 0. The van der Waals surface area contributed by atoms with Crippen LogP contribution in [0.15, 0.2) is 28.1 Å². The third kappa shape index (κ3) is 3.16. The van der Waals surface area contributed by atoms with Gasteiger partial charge in [-0.15, -0.1) is 11.3 Å². The van der Waals surface area contributed by atoms with E-state index in [-0.39, 0.29) is 6.54 Å². The Bertz CT molecular complexity index is 606. The zero-order valence-electron chi connectivity index (χ0n) is 9.34. The van der Waals surface area contributed by atoms with E-state index in [0.29, 0.717) is 12.1 Å². The first-order valence-corrected chi connectivity index (χ1v) is 6.81. The highest BCUT2D eigenvalue weighted by atomic mass is 79.9. The molecule has 0 radical (unpaired) electrons. The molecule has 1 N–H and O–H groups in total. The number of halogens is 4. The summed E-state index contributed by atoms with van der Waals surface area (Å²) in [4.78, 5) is 12.5. The molecule has 1 aromatic heterocycles. The molecule has 0 unspecified atom stereocenters. The highest BCUT2D eigenvalue weighted by Gasteiger charge is 2.19. The molecule has 2 nitrogen and oxygen atoms in total. The first kappa shape index (κ1) is 14.1. The minimum atomic E-state index is -1.22. The molecule has 1 aromatic carbocycles. The monoisotopic (exact) mass is 349 g/mol. The van der Waals surface area contributed by atoms with E-state index in [9.17, 15) is 18.0 Å². The van der Waals surface area contributed by atoms with E-state index in [2.05, 4.69) is 21.2 Å². The quantitative estimate of drug-likeness (QED) is 0.895. The van der Waals surface area contributed by atoms with E-state index in [1.54, 1.807) is 6.07 Å². The van der Waals surface area contributed by atoms with Crippen molar-refractivity contribution in [2.24, 2.45) is 0 Å². The SMILES string of the molecule is O=C(NCc1sccc1Br)c1c(F)cc(F)cc1F. The van der Waals surface area contributed by atoms with Crippen molar-refractivity contribution >= 4 is 33.2 Å². The van der Waals surface area contributed by atoms with Gasteiger partial charge in [0.05, 0.1) is 6.54 Å². The largest absolute Gasteiger partial charge is 0.347 e. The summed E-state index contributed by atoms with van der Waals surface area (Å²) in [5, 5.41) is 4.19. The van der Waals surface area contributed by atoms with Gasteiger partial charge in [0.1, 0.15) is 23.0 Å². The lowest BCUT2D eigenvalue weighted by Crippen LogP contribution is -2.25. The van der Waals surface area contributed by atoms with Crippen molar-refractivity contribution < 1.29 is 18.0 Å². The van der Waals surface area contributed by atoms with E-state index >= 15 is 0 Å². The average molecular weight is 350 g/mol. The molecule has 19 heavy (non-hydrogen) atoms. The molecule has 0 saturated carbocycles. The van der Waals surface area contributed by atoms with Crippen LogP contribution in [0.5, 0.6) is 0 Å². The number of rotatable bonds is 3. The zero-order valence-corrected chi connectivity index (χ0v) is 11.7. The number of amides is 1. The molecule has 0 aliphatic rings. The van der Waals surface area contributed by atoms with Gasteiger partial charge >= 0.3 is 0 Å². The summed E-state index contributed by atoms with van der Waals surface area (Å²) in [6.45, 7) is 0.132. The summed E-state index contributed by atoms with van der Waals surface area (Å²) in [5.41, 5.74) is -0.783. The third-order valence-corrected chi connectivity index (χ3v) is 4.26. The fourth-order valence-electron chi connectivity index (χ4n) is 1.46. The number of thiophene rings is 1. The lowest BCUT2D eigenvalue weighted by atomic mass is 10.2. The normalized spacial score (nSPS) is 10.5. The van der Waals surface area contributed by atoms with Crippen LogP contribution in [0.1, 0.15) is 15.2 Å². The Kier molecular flexibility index (Phi) is 4.26. The molecular weight excluding hydrogens is 343 g/mol. The van der Waals surface area contributed by atoms with Crippen molar-refractivity contribution in [2.45, 2.75) is 6.54 Å². The summed E-state index contributed by atoms with van der Waals surface area (Å²) >= 11 is 4.66. The van der Waals surface area contributed by atoms with Crippen LogP contribution in [0.25, 0.3) is 0 Å². The molecule has 1 heterocycles. The molecule has 2 rings (SSSR count). The van der Waals surface area contributed by atoms with E-state index < -0.39 is 28.9 Å². The lowest BCUT2D eigenvalue weighted by Gasteiger charge is -2.06. The second-order valence-electron chi connectivity index (χ2n) is 3.62. The molecule has 0 aliphatic carbocycles. The van der Waals surface area contributed by atoms with Crippen LogP contribution in [0.2, 0.25) is 0 Å². The molecule has 0 saturated heterocycles. The van der Waals surface area contributed by atoms with E-state index in [1.807, 2.05) is 5.38 Å². The molecule has 100 valence electrons. The van der Waals surface area contributed by atoms with E-state index in [1.165, 1.54) is 11.3 Å². The Balaban J connectivity index is 2.15. The van der Waals surface area contributed by atoms with Gasteiger partial charge in [-0.1, -0.05) is 0 Å². The second-order valence-corrected chi connectivity index (χ2v) is 5.47. The maximum atomic E-state index is 13.4. The number of carbonyl (C=O) groups is 1.